The maximum Gasteiger partial charge on any atom is 0.223 e. The average Bonchev–Trinajstić information content (AvgIpc) is 2.50. The van der Waals surface area contributed by atoms with Gasteiger partial charge in [-0.25, -0.2) is 0 Å². The first-order chi connectivity index (χ1) is 9.81. The molecule has 20 heavy (non-hydrogen) atoms. The fourth-order valence-corrected chi connectivity index (χ4v) is 2.63. The third-order valence-corrected chi connectivity index (χ3v) is 3.76. The number of rotatable bonds is 6. The first-order valence-electron chi connectivity index (χ1n) is 7.16. The van der Waals surface area contributed by atoms with E-state index in [0.717, 1.165) is 32.1 Å². The van der Waals surface area contributed by atoms with Crippen molar-refractivity contribution >= 4 is 5.91 Å². The average molecular weight is 272 g/mol. The minimum atomic E-state index is 0.0991. The van der Waals surface area contributed by atoms with Crippen LogP contribution in [0.3, 0.4) is 0 Å². The van der Waals surface area contributed by atoms with Crippen molar-refractivity contribution in [2.24, 2.45) is 11.0 Å². The second kappa shape index (κ2) is 7.56. The van der Waals surface area contributed by atoms with Crippen molar-refractivity contribution in [2.75, 3.05) is 13.1 Å². The lowest BCUT2D eigenvalue weighted by molar-refractivity contribution is -0.125. The molecule has 1 aliphatic carbocycles. The standard InChI is InChI=1S/C15H20N4O/c16-19-18-10-4-3-9-17-15(20)14-8-7-12-5-1-2-6-13(12)11-14/h1-2,5-6,14H,3-4,7-11H2,(H,17,20). The lowest BCUT2D eigenvalue weighted by atomic mass is 9.83. The minimum Gasteiger partial charge on any atom is -0.356 e. The number of amides is 1. The Hall–Kier alpha value is -2.00. The van der Waals surface area contributed by atoms with Crippen LogP contribution in [0.4, 0.5) is 0 Å². The van der Waals surface area contributed by atoms with Crippen LogP contribution in [0.15, 0.2) is 29.4 Å². The molecule has 1 unspecified atom stereocenters. The Bertz CT molecular complexity index is 508. The number of fused-ring (bicyclic) bond motifs is 1. The van der Waals surface area contributed by atoms with E-state index in [2.05, 4.69) is 33.5 Å². The highest BCUT2D eigenvalue weighted by Crippen LogP contribution is 2.25. The van der Waals surface area contributed by atoms with Crippen LogP contribution in [0.25, 0.3) is 10.4 Å². The third kappa shape index (κ3) is 4.00. The van der Waals surface area contributed by atoms with E-state index in [-0.39, 0.29) is 11.8 Å². The number of azide groups is 1. The second-order valence-electron chi connectivity index (χ2n) is 5.16. The van der Waals surface area contributed by atoms with Gasteiger partial charge in [-0.15, -0.1) is 0 Å². The van der Waals surface area contributed by atoms with Crippen molar-refractivity contribution in [1.82, 2.24) is 5.32 Å². The Morgan fingerprint density at radius 1 is 1.35 bits per heavy atom. The van der Waals surface area contributed by atoms with Crippen molar-refractivity contribution in [1.29, 1.82) is 0 Å². The molecule has 5 heteroatoms. The van der Waals surface area contributed by atoms with Gasteiger partial charge in [-0.1, -0.05) is 29.4 Å². The molecule has 1 aliphatic rings. The van der Waals surface area contributed by atoms with E-state index < -0.39 is 0 Å². The van der Waals surface area contributed by atoms with Crippen molar-refractivity contribution in [2.45, 2.75) is 32.1 Å². The summed E-state index contributed by atoms with van der Waals surface area (Å²) in [5.41, 5.74) is 10.8. The van der Waals surface area contributed by atoms with Crippen LogP contribution in [0.2, 0.25) is 0 Å². The van der Waals surface area contributed by atoms with Gasteiger partial charge < -0.3 is 5.32 Å². The highest BCUT2D eigenvalue weighted by atomic mass is 16.1. The van der Waals surface area contributed by atoms with E-state index in [1.54, 1.807) is 0 Å². The molecule has 1 N–H and O–H groups in total. The minimum absolute atomic E-state index is 0.0991. The van der Waals surface area contributed by atoms with Crippen LogP contribution in [0.5, 0.6) is 0 Å². The zero-order chi connectivity index (χ0) is 14.2. The molecule has 5 nitrogen and oxygen atoms in total. The van der Waals surface area contributed by atoms with Gasteiger partial charge >= 0.3 is 0 Å². The Labute approximate surface area is 119 Å². The van der Waals surface area contributed by atoms with Crippen LogP contribution >= 0.6 is 0 Å². The van der Waals surface area contributed by atoms with E-state index in [9.17, 15) is 4.79 Å². The molecule has 0 aromatic heterocycles. The van der Waals surface area contributed by atoms with Gasteiger partial charge in [0, 0.05) is 23.9 Å². The Morgan fingerprint density at radius 3 is 2.95 bits per heavy atom. The maximum atomic E-state index is 12.1. The molecule has 0 fully saturated rings. The fourth-order valence-electron chi connectivity index (χ4n) is 2.63. The number of carbonyl (C=O) groups is 1. The summed E-state index contributed by atoms with van der Waals surface area (Å²) in [5.74, 6) is 0.255. The summed E-state index contributed by atoms with van der Waals surface area (Å²) < 4.78 is 0. The van der Waals surface area contributed by atoms with Crippen molar-refractivity contribution in [3.05, 3.63) is 45.8 Å². The number of hydrogen-bond donors (Lipinski definition) is 1. The molecule has 1 amide bonds. The molecule has 0 saturated carbocycles. The van der Waals surface area contributed by atoms with E-state index in [0.29, 0.717) is 13.1 Å². The van der Waals surface area contributed by atoms with Crippen molar-refractivity contribution in [3.8, 4) is 0 Å². The summed E-state index contributed by atoms with van der Waals surface area (Å²) in [4.78, 5) is 14.8. The summed E-state index contributed by atoms with van der Waals surface area (Å²) in [5, 5.41) is 6.46. The largest absolute Gasteiger partial charge is 0.356 e. The van der Waals surface area contributed by atoms with Crippen molar-refractivity contribution < 1.29 is 4.79 Å². The Kier molecular flexibility index (Phi) is 5.44. The number of nitrogens with one attached hydrogen (secondary N) is 1. The molecule has 0 aliphatic heterocycles. The predicted molar refractivity (Wildman–Crippen MR) is 78.2 cm³/mol. The Balaban J connectivity index is 1.73. The van der Waals surface area contributed by atoms with Crippen LogP contribution in [0, 0.1) is 5.92 Å². The van der Waals surface area contributed by atoms with Gasteiger partial charge in [0.25, 0.3) is 0 Å². The van der Waals surface area contributed by atoms with Gasteiger partial charge in [-0.2, -0.15) is 0 Å². The monoisotopic (exact) mass is 272 g/mol. The summed E-state index contributed by atoms with van der Waals surface area (Å²) >= 11 is 0. The SMILES string of the molecule is [N-]=[N+]=NCCCCNC(=O)C1CCc2ccccc2C1. The Morgan fingerprint density at radius 2 is 2.15 bits per heavy atom. The summed E-state index contributed by atoms with van der Waals surface area (Å²) in [7, 11) is 0. The van der Waals surface area contributed by atoms with Gasteiger partial charge in [0.15, 0.2) is 0 Å². The summed E-state index contributed by atoms with van der Waals surface area (Å²) in [6.45, 7) is 1.17. The topological polar surface area (TPSA) is 77.9 Å². The predicted octanol–water partition coefficient (Wildman–Crippen LogP) is 3.00. The molecule has 0 spiro atoms. The first kappa shape index (κ1) is 14.4. The fraction of sp³-hybridized carbons (Fsp3) is 0.533. The van der Waals surface area contributed by atoms with Gasteiger partial charge in [-0.3, -0.25) is 4.79 Å². The first-order valence-corrected chi connectivity index (χ1v) is 7.16. The number of hydrogen-bond acceptors (Lipinski definition) is 2. The van der Waals surface area contributed by atoms with E-state index in [4.69, 9.17) is 5.53 Å². The molecule has 0 saturated heterocycles. The molecule has 1 aromatic rings. The molecule has 0 bridgehead atoms. The number of carbonyl (C=O) groups excluding carboxylic acids is 1. The zero-order valence-electron chi connectivity index (χ0n) is 11.6. The van der Waals surface area contributed by atoms with Crippen LogP contribution in [-0.4, -0.2) is 19.0 Å². The number of unbranched alkanes of at least 4 members (excludes halogenated alkanes) is 1. The van der Waals surface area contributed by atoms with Crippen LogP contribution in [-0.2, 0) is 17.6 Å². The molecule has 0 radical (unpaired) electrons. The quantitative estimate of drug-likeness (QED) is 0.367. The summed E-state index contributed by atoms with van der Waals surface area (Å²) in [6, 6.07) is 8.37. The molecule has 1 aromatic carbocycles. The van der Waals surface area contributed by atoms with E-state index >= 15 is 0 Å². The second-order valence-corrected chi connectivity index (χ2v) is 5.16. The molecule has 1 atom stereocenters. The van der Waals surface area contributed by atoms with Crippen molar-refractivity contribution in [3.63, 3.8) is 0 Å². The highest BCUT2D eigenvalue weighted by molar-refractivity contribution is 5.79. The van der Waals surface area contributed by atoms with Gasteiger partial charge in [0.1, 0.15) is 0 Å². The number of nitrogens with zero attached hydrogens (tertiary/aromatic N) is 3. The van der Waals surface area contributed by atoms with E-state index in [1.165, 1.54) is 11.1 Å². The third-order valence-electron chi connectivity index (χ3n) is 3.76. The number of aryl methyl sites for hydroxylation is 1. The van der Waals surface area contributed by atoms with Crippen LogP contribution < -0.4 is 5.32 Å². The van der Waals surface area contributed by atoms with Crippen LogP contribution in [0.1, 0.15) is 30.4 Å². The molecule has 2 rings (SSSR count). The van der Waals surface area contributed by atoms with Gasteiger partial charge in [0.2, 0.25) is 5.91 Å². The maximum absolute atomic E-state index is 12.1. The molecule has 106 valence electrons. The number of benzene rings is 1. The smallest absolute Gasteiger partial charge is 0.223 e. The van der Waals surface area contributed by atoms with Gasteiger partial charge in [0.05, 0.1) is 0 Å². The summed E-state index contributed by atoms with van der Waals surface area (Å²) in [6.07, 6.45) is 4.44. The lowest BCUT2D eigenvalue weighted by Crippen LogP contribution is -2.34. The molecular formula is C15H20N4O. The molecule has 0 heterocycles. The zero-order valence-corrected chi connectivity index (χ0v) is 11.6. The van der Waals surface area contributed by atoms with Gasteiger partial charge in [-0.05, 0) is 48.8 Å². The van der Waals surface area contributed by atoms with E-state index in [1.807, 2.05) is 6.07 Å². The normalized spacial score (nSPS) is 16.9. The highest BCUT2D eigenvalue weighted by Gasteiger charge is 2.23. The lowest BCUT2D eigenvalue weighted by Gasteiger charge is -2.23. The molecular weight excluding hydrogens is 252 g/mol.